The number of piperidine rings is 1. The minimum atomic E-state index is -1.09. The van der Waals surface area contributed by atoms with Gasteiger partial charge in [0, 0.05) is 57.9 Å². The van der Waals surface area contributed by atoms with E-state index >= 15 is 0 Å². The quantitative estimate of drug-likeness (QED) is 0.303. The molecule has 0 saturated carbocycles. The first kappa shape index (κ1) is 35.7. The maximum absolute atomic E-state index is 13.7. The molecule has 250 valence electrons. The molecule has 2 saturated heterocycles. The number of carboxylic acids is 1. The number of nitrogens with zero attached hydrogens (tertiary/aromatic N) is 5. The number of hydrogen-bond donors (Lipinski definition) is 3. The van der Waals surface area contributed by atoms with E-state index in [2.05, 4.69) is 15.2 Å². The van der Waals surface area contributed by atoms with E-state index in [1.807, 2.05) is 30.3 Å². The van der Waals surface area contributed by atoms with Crippen molar-refractivity contribution in [3.05, 3.63) is 42.1 Å². The fourth-order valence-corrected chi connectivity index (χ4v) is 5.38. The predicted molar refractivity (Wildman–Crippen MR) is 166 cm³/mol. The molecule has 4 rings (SSSR count). The minimum Gasteiger partial charge on any atom is -0.483 e. The van der Waals surface area contributed by atoms with Gasteiger partial charge in [-0.25, -0.2) is 14.8 Å². The topological polar surface area (TPSA) is 192 Å². The molecule has 15 nitrogen and oxygen atoms in total. The third-order valence-electron chi connectivity index (χ3n) is 7.63. The summed E-state index contributed by atoms with van der Waals surface area (Å²) in [5.41, 5.74) is 0.808. The minimum absolute atomic E-state index is 0.0749. The standard InChI is InChI=1S/C30H40N6O7.CH2O2/c1-3-43-30(41)35-17-15-34(16-18-35)29(40)23(12-13-26(37)38)32-28(39)24-19-25(36-14-8-7-11-22(36)20-42-2)33-27(31-24)21-9-5-4-6-10-21;2-1-3/h4-6,9-10,19,22-23H,3,7-8,11-18,20H2,1-2H3,(H,32,39)(H,37,38);1H,(H,2,3)/t22-,23?;/m0./s1. The largest absolute Gasteiger partial charge is 0.483 e. The number of carbonyl (C=O) groups excluding carboxylic acids is 3. The van der Waals surface area contributed by atoms with Gasteiger partial charge in [-0.15, -0.1) is 0 Å². The van der Waals surface area contributed by atoms with Crippen LogP contribution in [-0.4, -0.2) is 125 Å². The van der Waals surface area contributed by atoms with Gasteiger partial charge < -0.3 is 39.7 Å². The summed E-state index contributed by atoms with van der Waals surface area (Å²) in [4.78, 5) is 73.6. The Balaban J connectivity index is 0.00000185. The van der Waals surface area contributed by atoms with Crippen molar-refractivity contribution in [1.82, 2.24) is 25.1 Å². The second kappa shape index (κ2) is 18.2. The molecule has 15 heteroatoms. The van der Waals surface area contributed by atoms with Crippen LogP contribution in [0.3, 0.4) is 0 Å². The summed E-state index contributed by atoms with van der Waals surface area (Å²) >= 11 is 0. The number of carbonyl (C=O) groups is 5. The number of methoxy groups -OCH3 is 1. The fourth-order valence-electron chi connectivity index (χ4n) is 5.38. The molecule has 3 N–H and O–H groups in total. The molecule has 1 aromatic carbocycles. The predicted octanol–water partition coefficient (Wildman–Crippen LogP) is 2.11. The van der Waals surface area contributed by atoms with Gasteiger partial charge in [-0.05, 0) is 32.6 Å². The van der Waals surface area contributed by atoms with Gasteiger partial charge in [-0.2, -0.15) is 0 Å². The van der Waals surface area contributed by atoms with Gasteiger partial charge in [-0.1, -0.05) is 30.3 Å². The van der Waals surface area contributed by atoms with Gasteiger partial charge in [0.2, 0.25) is 5.91 Å². The van der Waals surface area contributed by atoms with Gasteiger partial charge in [0.25, 0.3) is 12.4 Å². The molecule has 2 aliphatic heterocycles. The van der Waals surface area contributed by atoms with Crippen LogP contribution in [0.4, 0.5) is 10.6 Å². The molecule has 1 aromatic heterocycles. The molecule has 1 unspecified atom stereocenters. The summed E-state index contributed by atoms with van der Waals surface area (Å²) in [5.74, 6) is -1.14. The Morgan fingerprint density at radius 3 is 2.35 bits per heavy atom. The summed E-state index contributed by atoms with van der Waals surface area (Å²) in [6.07, 6.45) is 2.12. The van der Waals surface area contributed by atoms with E-state index in [4.69, 9.17) is 24.4 Å². The van der Waals surface area contributed by atoms with Crippen molar-refractivity contribution in [2.75, 3.05) is 57.9 Å². The van der Waals surface area contributed by atoms with E-state index in [0.717, 1.165) is 31.4 Å². The average Bonchev–Trinajstić information content (AvgIpc) is 3.07. The number of hydrogen-bond acceptors (Lipinski definition) is 10. The van der Waals surface area contributed by atoms with Gasteiger partial charge >= 0.3 is 12.1 Å². The molecule has 46 heavy (non-hydrogen) atoms. The average molecular weight is 643 g/mol. The van der Waals surface area contributed by atoms with Crippen molar-refractivity contribution < 1.29 is 43.7 Å². The molecular formula is C31H42N6O9. The molecule has 3 amide bonds. The Morgan fingerprint density at radius 1 is 1.04 bits per heavy atom. The number of carboxylic acid groups (broad SMARTS) is 2. The molecule has 0 aliphatic carbocycles. The van der Waals surface area contributed by atoms with Crippen molar-refractivity contribution in [3.8, 4) is 11.4 Å². The van der Waals surface area contributed by atoms with E-state index in [1.54, 1.807) is 20.1 Å². The van der Waals surface area contributed by atoms with Crippen LogP contribution in [0.25, 0.3) is 11.4 Å². The second-order valence-corrected chi connectivity index (χ2v) is 10.7. The van der Waals surface area contributed by atoms with Crippen molar-refractivity contribution in [1.29, 1.82) is 0 Å². The number of piperazine rings is 1. The van der Waals surface area contributed by atoms with E-state index in [9.17, 15) is 24.3 Å². The Labute approximate surface area is 267 Å². The Kier molecular flexibility index (Phi) is 14.2. The number of aliphatic carboxylic acids is 1. The SMILES string of the molecule is CCOC(=O)N1CCN(C(=O)C(CCC(=O)O)NC(=O)c2cc(N3CCCC[C@H]3COC)nc(-c3ccccc3)n2)CC1.O=CO. The van der Waals surface area contributed by atoms with Crippen molar-refractivity contribution in [2.45, 2.75) is 51.1 Å². The summed E-state index contributed by atoms with van der Waals surface area (Å²) in [6, 6.07) is 9.94. The Bertz CT molecular complexity index is 1320. The lowest BCUT2D eigenvalue weighted by atomic mass is 10.0. The molecule has 3 heterocycles. The second-order valence-electron chi connectivity index (χ2n) is 10.7. The van der Waals surface area contributed by atoms with E-state index in [1.165, 1.54) is 9.80 Å². The van der Waals surface area contributed by atoms with E-state index in [0.29, 0.717) is 18.2 Å². The molecule has 2 aromatic rings. The molecule has 0 bridgehead atoms. The lowest BCUT2D eigenvalue weighted by Crippen LogP contribution is -2.56. The van der Waals surface area contributed by atoms with Crippen molar-refractivity contribution in [3.63, 3.8) is 0 Å². The highest BCUT2D eigenvalue weighted by Gasteiger charge is 2.32. The van der Waals surface area contributed by atoms with Gasteiger partial charge in [-0.3, -0.25) is 19.2 Å². The molecule has 2 fully saturated rings. The van der Waals surface area contributed by atoms with Crippen LogP contribution >= 0.6 is 0 Å². The monoisotopic (exact) mass is 642 g/mol. The number of rotatable bonds is 11. The maximum atomic E-state index is 13.7. The van der Waals surface area contributed by atoms with Crippen LogP contribution in [0.5, 0.6) is 0 Å². The fraction of sp³-hybridized carbons (Fsp3) is 0.516. The van der Waals surface area contributed by atoms with Crippen molar-refractivity contribution >= 4 is 36.2 Å². The summed E-state index contributed by atoms with van der Waals surface area (Å²) in [5, 5.41) is 19.0. The van der Waals surface area contributed by atoms with Crippen LogP contribution < -0.4 is 10.2 Å². The summed E-state index contributed by atoms with van der Waals surface area (Å²) in [6.45, 7) is 4.02. The number of nitrogens with one attached hydrogen (secondary N) is 1. The van der Waals surface area contributed by atoms with Crippen LogP contribution in [0.15, 0.2) is 36.4 Å². The highest BCUT2D eigenvalue weighted by atomic mass is 16.6. The molecular weight excluding hydrogens is 600 g/mol. The normalized spacial score (nSPS) is 16.8. The molecule has 2 atom stereocenters. The Hall–Kier alpha value is -4.79. The molecule has 0 radical (unpaired) electrons. The first-order valence-corrected chi connectivity index (χ1v) is 15.2. The smallest absolute Gasteiger partial charge is 0.409 e. The van der Waals surface area contributed by atoms with Crippen LogP contribution in [-0.2, 0) is 23.9 Å². The van der Waals surface area contributed by atoms with Gasteiger partial charge in [0.1, 0.15) is 17.6 Å². The van der Waals surface area contributed by atoms with Gasteiger partial charge in [0.05, 0.1) is 19.3 Å². The highest BCUT2D eigenvalue weighted by molar-refractivity contribution is 5.97. The van der Waals surface area contributed by atoms with E-state index < -0.39 is 29.9 Å². The van der Waals surface area contributed by atoms with Crippen LogP contribution in [0.2, 0.25) is 0 Å². The third-order valence-corrected chi connectivity index (χ3v) is 7.63. The number of aromatic nitrogens is 2. The van der Waals surface area contributed by atoms with E-state index in [-0.39, 0.29) is 63.8 Å². The zero-order valence-electron chi connectivity index (χ0n) is 26.2. The zero-order valence-corrected chi connectivity index (χ0v) is 26.2. The first-order valence-electron chi connectivity index (χ1n) is 15.2. The number of benzene rings is 1. The van der Waals surface area contributed by atoms with Crippen LogP contribution in [0.1, 0.15) is 49.5 Å². The summed E-state index contributed by atoms with van der Waals surface area (Å²) in [7, 11) is 1.66. The highest BCUT2D eigenvalue weighted by Crippen LogP contribution is 2.27. The third kappa shape index (κ3) is 10.1. The first-order chi connectivity index (χ1) is 22.2. The Morgan fingerprint density at radius 2 is 1.72 bits per heavy atom. The molecule has 0 spiro atoms. The van der Waals surface area contributed by atoms with Crippen LogP contribution in [0, 0.1) is 0 Å². The summed E-state index contributed by atoms with van der Waals surface area (Å²) < 4.78 is 10.5. The molecule has 2 aliphatic rings. The number of amides is 3. The number of anilines is 1. The maximum Gasteiger partial charge on any atom is 0.409 e. The number of ether oxygens (including phenoxy) is 2. The lowest BCUT2D eigenvalue weighted by Gasteiger charge is -2.36. The zero-order chi connectivity index (χ0) is 33.5. The van der Waals surface area contributed by atoms with Gasteiger partial charge in [0.15, 0.2) is 5.82 Å². The lowest BCUT2D eigenvalue weighted by molar-refractivity contribution is -0.138. The van der Waals surface area contributed by atoms with Crippen molar-refractivity contribution in [2.24, 2.45) is 0 Å².